The number of benzene rings is 1. The number of carbonyl (C=O) groups excluding carboxylic acids is 1. The predicted octanol–water partition coefficient (Wildman–Crippen LogP) is 1.21. The molecule has 0 aromatic heterocycles. The molecule has 1 atom stereocenters. The molecule has 92 valence electrons. The fourth-order valence-electron chi connectivity index (χ4n) is 1.28. The van der Waals surface area contributed by atoms with Crippen molar-refractivity contribution in [2.75, 3.05) is 13.7 Å². The number of ether oxygens (including phenoxy) is 1. The Morgan fingerprint density at radius 1 is 1.53 bits per heavy atom. The predicted molar refractivity (Wildman–Crippen MR) is 66.7 cm³/mol. The van der Waals surface area contributed by atoms with Gasteiger partial charge in [-0.15, -0.1) is 0 Å². The van der Waals surface area contributed by atoms with Crippen molar-refractivity contribution in [1.29, 1.82) is 0 Å². The van der Waals surface area contributed by atoms with Crippen LogP contribution < -0.4 is 10.1 Å². The summed E-state index contributed by atoms with van der Waals surface area (Å²) >= 11 is 0. The zero-order valence-electron chi connectivity index (χ0n) is 10.0. The maximum Gasteiger partial charge on any atom is 0.244 e. The second kappa shape index (κ2) is 6.70. The summed E-state index contributed by atoms with van der Waals surface area (Å²) in [4.78, 5) is 11.4. The zero-order chi connectivity index (χ0) is 12.7. The molecule has 0 unspecified atom stereocenters. The highest BCUT2D eigenvalue weighted by Crippen LogP contribution is 2.18. The molecule has 0 fully saturated rings. The molecule has 1 rings (SSSR count). The lowest BCUT2D eigenvalue weighted by Gasteiger charge is -2.05. The van der Waals surface area contributed by atoms with Crippen molar-refractivity contribution in [3.63, 3.8) is 0 Å². The van der Waals surface area contributed by atoms with Gasteiger partial charge in [0.15, 0.2) is 0 Å². The second-order valence-electron chi connectivity index (χ2n) is 3.67. The highest BCUT2D eigenvalue weighted by atomic mass is 16.5. The first-order valence-electron chi connectivity index (χ1n) is 5.40. The molecular weight excluding hydrogens is 218 g/mol. The molecule has 1 aromatic carbocycles. The Hall–Kier alpha value is -1.81. The van der Waals surface area contributed by atoms with Gasteiger partial charge < -0.3 is 15.2 Å². The van der Waals surface area contributed by atoms with Gasteiger partial charge in [0.1, 0.15) is 5.75 Å². The summed E-state index contributed by atoms with van der Waals surface area (Å²) in [5.74, 6) is 0.476. The largest absolute Gasteiger partial charge is 0.496 e. The van der Waals surface area contributed by atoms with Crippen molar-refractivity contribution in [3.8, 4) is 5.75 Å². The van der Waals surface area contributed by atoms with Crippen LogP contribution in [0.3, 0.4) is 0 Å². The van der Waals surface area contributed by atoms with Crippen molar-refractivity contribution >= 4 is 12.0 Å². The van der Waals surface area contributed by atoms with Gasteiger partial charge in [-0.05, 0) is 19.1 Å². The third-order valence-corrected chi connectivity index (χ3v) is 2.12. The van der Waals surface area contributed by atoms with Crippen molar-refractivity contribution < 1.29 is 14.6 Å². The molecule has 0 saturated heterocycles. The molecule has 0 aliphatic heterocycles. The first-order chi connectivity index (χ1) is 8.13. The molecular formula is C13H17NO3. The van der Waals surface area contributed by atoms with Crippen LogP contribution in [-0.4, -0.2) is 30.8 Å². The maximum atomic E-state index is 11.4. The van der Waals surface area contributed by atoms with E-state index in [2.05, 4.69) is 5.32 Å². The number of hydrogen-bond donors (Lipinski definition) is 2. The monoisotopic (exact) mass is 235 g/mol. The van der Waals surface area contributed by atoms with Crippen LogP contribution in [0, 0.1) is 0 Å². The summed E-state index contributed by atoms with van der Waals surface area (Å²) < 4.78 is 5.15. The van der Waals surface area contributed by atoms with Gasteiger partial charge in [-0.1, -0.05) is 18.2 Å². The normalized spacial score (nSPS) is 12.4. The molecule has 4 nitrogen and oxygen atoms in total. The van der Waals surface area contributed by atoms with Gasteiger partial charge >= 0.3 is 0 Å². The first kappa shape index (κ1) is 13.3. The molecule has 4 heteroatoms. The van der Waals surface area contributed by atoms with Gasteiger partial charge in [-0.3, -0.25) is 4.79 Å². The summed E-state index contributed by atoms with van der Waals surface area (Å²) in [6.45, 7) is 1.86. The van der Waals surface area contributed by atoms with E-state index < -0.39 is 6.10 Å². The van der Waals surface area contributed by atoms with Crippen molar-refractivity contribution in [1.82, 2.24) is 5.32 Å². The number of rotatable bonds is 5. The number of nitrogens with one attached hydrogen (secondary N) is 1. The number of para-hydroxylation sites is 1. The van der Waals surface area contributed by atoms with E-state index in [4.69, 9.17) is 9.84 Å². The second-order valence-corrected chi connectivity index (χ2v) is 3.67. The standard InChI is InChI=1S/C13H17NO3/c1-10(15)9-14-13(16)8-7-11-5-3-4-6-12(11)17-2/h3-8,10,15H,9H2,1-2H3,(H,14,16)/b8-7+/t10-/m0/s1. The lowest BCUT2D eigenvalue weighted by Crippen LogP contribution is -2.28. The minimum Gasteiger partial charge on any atom is -0.496 e. The van der Waals surface area contributed by atoms with Gasteiger partial charge in [-0.2, -0.15) is 0 Å². The summed E-state index contributed by atoms with van der Waals surface area (Å²) in [6, 6.07) is 7.42. The van der Waals surface area contributed by atoms with Crippen LogP contribution in [0.15, 0.2) is 30.3 Å². The van der Waals surface area contributed by atoms with Gasteiger partial charge in [-0.25, -0.2) is 0 Å². The van der Waals surface area contributed by atoms with Crippen LogP contribution in [0.5, 0.6) is 5.75 Å². The fraction of sp³-hybridized carbons (Fsp3) is 0.308. The highest BCUT2D eigenvalue weighted by Gasteiger charge is 2.00. The quantitative estimate of drug-likeness (QED) is 0.754. The molecule has 0 radical (unpaired) electrons. The topological polar surface area (TPSA) is 58.6 Å². The van der Waals surface area contributed by atoms with E-state index in [0.29, 0.717) is 5.75 Å². The molecule has 2 N–H and O–H groups in total. The maximum absolute atomic E-state index is 11.4. The van der Waals surface area contributed by atoms with E-state index in [-0.39, 0.29) is 12.5 Å². The molecule has 0 heterocycles. The summed E-state index contributed by atoms with van der Waals surface area (Å²) in [5.41, 5.74) is 0.835. The van der Waals surface area contributed by atoms with Crippen LogP contribution in [-0.2, 0) is 4.79 Å². The Kier molecular flexibility index (Phi) is 5.23. The number of hydrogen-bond acceptors (Lipinski definition) is 3. The molecule has 0 saturated carbocycles. The Bertz CT molecular complexity index is 399. The van der Waals surface area contributed by atoms with Gasteiger partial charge in [0, 0.05) is 18.2 Å². The first-order valence-corrected chi connectivity index (χ1v) is 5.40. The van der Waals surface area contributed by atoms with Gasteiger partial charge in [0.2, 0.25) is 5.91 Å². The number of aliphatic hydroxyl groups excluding tert-OH is 1. The summed E-state index contributed by atoms with van der Waals surface area (Å²) in [5, 5.41) is 11.6. The number of carbonyl (C=O) groups is 1. The third-order valence-electron chi connectivity index (χ3n) is 2.12. The fourth-order valence-corrected chi connectivity index (χ4v) is 1.28. The lowest BCUT2D eigenvalue weighted by molar-refractivity contribution is -0.116. The molecule has 0 aliphatic carbocycles. The van der Waals surface area contributed by atoms with Gasteiger partial charge in [0.05, 0.1) is 13.2 Å². The van der Waals surface area contributed by atoms with Crippen LogP contribution in [0.25, 0.3) is 6.08 Å². The molecule has 1 amide bonds. The van der Waals surface area contributed by atoms with E-state index >= 15 is 0 Å². The molecule has 1 aromatic rings. The van der Waals surface area contributed by atoms with E-state index in [0.717, 1.165) is 5.56 Å². The molecule has 17 heavy (non-hydrogen) atoms. The van der Waals surface area contributed by atoms with Crippen molar-refractivity contribution in [3.05, 3.63) is 35.9 Å². The van der Waals surface area contributed by atoms with E-state index in [1.54, 1.807) is 20.1 Å². The average Bonchev–Trinajstić information content (AvgIpc) is 2.34. The Morgan fingerprint density at radius 3 is 2.88 bits per heavy atom. The van der Waals surface area contributed by atoms with Gasteiger partial charge in [0.25, 0.3) is 0 Å². The minimum absolute atomic E-state index is 0.239. The molecule has 0 bridgehead atoms. The summed E-state index contributed by atoms with van der Waals surface area (Å²) in [7, 11) is 1.58. The Balaban J connectivity index is 2.60. The number of amides is 1. The lowest BCUT2D eigenvalue weighted by atomic mass is 10.2. The van der Waals surface area contributed by atoms with Crippen LogP contribution >= 0.6 is 0 Å². The Morgan fingerprint density at radius 2 is 2.24 bits per heavy atom. The average molecular weight is 235 g/mol. The SMILES string of the molecule is COc1ccccc1/C=C/C(=O)NC[C@H](C)O. The van der Waals surface area contributed by atoms with Crippen LogP contribution in [0.2, 0.25) is 0 Å². The zero-order valence-corrected chi connectivity index (χ0v) is 10.0. The van der Waals surface area contributed by atoms with Crippen molar-refractivity contribution in [2.45, 2.75) is 13.0 Å². The third kappa shape index (κ3) is 4.70. The summed E-state index contributed by atoms with van der Waals surface area (Å²) in [6.07, 6.45) is 2.55. The minimum atomic E-state index is -0.543. The van der Waals surface area contributed by atoms with Crippen LogP contribution in [0.1, 0.15) is 12.5 Å². The van der Waals surface area contributed by atoms with E-state index in [1.165, 1.54) is 6.08 Å². The Labute approximate surface area is 101 Å². The molecule has 0 aliphatic rings. The highest BCUT2D eigenvalue weighted by molar-refractivity contribution is 5.92. The smallest absolute Gasteiger partial charge is 0.244 e. The van der Waals surface area contributed by atoms with Crippen LogP contribution in [0.4, 0.5) is 0 Å². The van der Waals surface area contributed by atoms with Crippen molar-refractivity contribution in [2.24, 2.45) is 0 Å². The molecule has 0 spiro atoms. The number of methoxy groups -OCH3 is 1. The number of aliphatic hydroxyl groups is 1. The van der Waals surface area contributed by atoms with E-state index in [1.807, 2.05) is 24.3 Å². The van der Waals surface area contributed by atoms with E-state index in [9.17, 15) is 4.79 Å².